The quantitative estimate of drug-likeness (QED) is 0.625. The normalized spacial score (nSPS) is 11.4. The Hall–Kier alpha value is -2.09. The van der Waals surface area contributed by atoms with Crippen LogP contribution >= 0.6 is 11.8 Å². The molecular weight excluding hydrogens is 349 g/mol. The van der Waals surface area contributed by atoms with E-state index in [0.29, 0.717) is 5.56 Å². The molecule has 2 aromatic rings. The van der Waals surface area contributed by atoms with Crippen molar-refractivity contribution in [2.24, 2.45) is 0 Å². The number of amides is 1. The van der Waals surface area contributed by atoms with Gasteiger partial charge in [-0.2, -0.15) is 13.2 Å². The molecule has 1 amide bonds. The molecule has 8 heteroatoms. The first-order valence-corrected chi connectivity index (χ1v) is 7.63. The maximum Gasteiger partial charge on any atom is 0.446 e. The van der Waals surface area contributed by atoms with Gasteiger partial charge in [-0.15, -0.1) is 0 Å². The first-order chi connectivity index (χ1) is 11.2. The summed E-state index contributed by atoms with van der Waals surface area (Å²) < 4.78 is 62.7. The van der Waals surface area contributed by atoms with E-state index in [1.54, 1.807) is 0 Å². The van der Waals surface area contributed by atoms with E-state index in [4.69, 9.17) is 0 Å². The molecular formula is C16H12F5NOS. The van der Waals surface area contributed by atoms with Crippen LogP contribution < -0.4 is 5.32 Å². The molecule has 0 saturated carbocycles. The summed E-state index contributed by atoms with van der Waals surface area (Å²) in [5.74, 6) is -1.88. The number of alkyl halides is 3. The lowest BCUT2D eigenvalue weighted by Crippen LogP contribution is -2.25. The van der Waals surface area contributed by atoms with E-state index in [1.807, 2.05) is 0 Å². The van der Waals surface area contributed by atoms with Crippen LogP contribution in [-0.4, -0.2) is 18.0 Å². The number of nitrogens with one attached hydrogen (secondary N) is 1. The van der Waals surface area contributed by atoms with Gasteiger partial charge in [-0.25, -0.2) is 8.78 Å². The second-order valence-electron chi connectivity index (χ2n) is 4.86. The predicted octanol–water partition coefficient (Wildman–Crippen LogP) is 4.55. The molecule has 0 saturated heterocycles. The zero-order chi connectivity index (χ0) is 17.7. The first-order valence-electron chi connectivity index (χ1n) is 6.82. The highest BCUT2D eigenvalue weighted by Gasteiger charge is 2.29. The van der Waals surface area contributed by atoms with E-state index in [1.165, 1.54) is 36.4 Å². The molecule has 0 radical (unpaired) electrons. The molecule has 2 aromatic carbocycles. The maximum atomic E-state index is 13.0. The van der Waals surface area contributed by atoms with Crippen molar-refractivity contribution in [2.75, 3.05) is 6.54 Å². The van der Waals surface area contributed by atoms with Crippen LogP contribution in [0.1, 0.15) is 15.9 Å². The second kappa shape index (κ2) is 7.65. The Balaban J connectivity index is 1.88. The summed E-state index contributed by atoms with van der Waals surface area (Å²) in [6.45, 7) is 0.140. The SMILES string of the molecule is O=C(NCCc1cc(F)cc(F)c1)c1ccc(SC(F)(F)F)cc1. The minimum atomic E-state index is -4.38. The third-order valence-electron chi connectivity index (χ3n) is 2.97. The van der Waals surface area contributed by atoms with Crippen LogP contribution in [0.3, 0.4) is 0 Å². The Morgan fingerprint density at radius 3 is 2.12 bits per heavy atom. The molecule has 0 fully saturated rings. The highest BCUT2D eigenvalue weighted by molar-refractivity contribution is 8.00. The number of hydrogen-bond acceptors (Lipinski definition) is 2. The third kappa shape index (κ3) is 5.84. The molecule has 1 N–H and O–H groups in total. The highest BCUT2D eigenvalue weighted by atomic mass is 32.2. The van der Waals surface area contributed by atoms with Crippen molar-refractivity contribution in [3.8, 4) is 0 Å². The molecule has 24 heavy (non-hydrogen) atoms. The van der Waals surface area contributed by atoms with Gasteiger partial charge >= 0.3 is 5.51 Å². The van der Waals surface area contributed by atoms with Crippen LogP contribution in [-0.2, 0) is 6.42 Å². The van der Waals surface area contributed by atoms with Crippen LogP contribution in [0.5, 0.6) is 0 Å². The molecule has 2 rings (SSSR count). The van der Waals surface area contributed by atoms with Crippen molar-refractivity contribution in [1.82, 2.24) is 5.32 Å². The molecule has 0 spiro atoms. The van der Waals surface area contributed by atoms with Crippen LogP contribution in [0.4, 0.5) is 22.0 Å². The molecule has 0 aliphatic carbocycles. The van der Waals surface area contributed by atoms with E-state index in [0.717, 1.165) is 6.07 Å². The van der Waals surface area contributed by atoms with Crippen molar-refractivity contribution < 1.29 is 26.7 Å². The zero-order valence-corrected chi connectivity index (χ0v) is 13.0. The Morgan fingerprint density at radius 1 is 1.00 bits per heavy atom. The van der Waals surface area contributed by atoms with Crippen molar-refractivity contribution >= 4 is 17.7 Å². The van der Waals surface area contributed by atoms with E-state index < -0.39 is 23.0 Å². The summed E-state index contributed by atoms with van der Waals surface area (Å²) in [7, 11) is 0. The first kappa shape index (κ1) is 18.3. The Kier molecular flexibility index (Phi) is 5.82. The van der Waals surface area contributed by atoms with E-state index >= 15 is 0 Å². The average molecular weight is 361 g/mol. The van der Waals surface area contributed by atoms with Crippen LogP contribution in [0, 0.1) is 11.6 Å². The molecule has 0 heterocycles. The van der Waals surface area contributed by atoms with Gasteiger partial charge in [0.1, 0.15) is 11.6 Å². The summed E-state index contributed by atoms with van der Waals surface area (Å²) >= 11 is -0.264. The highest BCUT2D eigenvalue weighted by Crippen LogP contribution is 2.36. The molecule has 0 aromatic heterocycles. The lowest BCUT2D eigenvalue weighted by Gasteiger charge is -2.08. The zero-order valence-electron chi connectivity index (χ0n) is 12.2. The fraction of sp³-hybridized carbons (Fsp3) is 0.188. The maximum absolute atomic E-state index is 13.0. The van der Waals surface area contributed by atoms with Crippen molar-refractivity contribution in [1.29, 1.82) is 0 Å². The number of thioether (sulfide) groups is 1. The minimum Gasteiger partial charge on any atom is -0.352 e. The molecule has 0 bridgehead atoms. The summed E-state index contributed by atoms with van der Waals surface area (Å²) in [4.78, 5) is 11.9. The topological polar surface area (TPSA) is 29.1 Å². The number of rotatable bonds is 5. The lowest BCUT2D eigenvalue weighted by molar-refractivity contribution is -0.0328. The molecule has 0 atom stereocenters. The molecule has 0 unspecified atom stereocenters. The van der Waals surface area contributed by atoms with Gasteiger partial charge in [-0.3, -0.25) is 4.79 Å². The smallest absolute Gasteiger partial charge is 0.352 e. The van der Waals surface area contributed by atoms with E-state index in [9.17, 15) is 26.7 Å². The van der Waals surface area contributed by atoms with Gasteiger partial charge in [-0.1, -0.05) is 0 Å². The third-order valence-corrected chi connectivity index (χ3v) is 3.71. The average Bonchev–Trinajstić information content (AvgIpc) is 2.45. The van der Waals surface area contributed by atoms with Crippen LogP contribution in [0.25, 0.3) is 0 Å². The number of carbonyl (C=O) groups is 1. The fourth-order valence-corrected chi connectivity index (χ4v) is 2.53. The Morgan fingerprint density at radius 2 is 1.58 bits per heavy atom. The second-order valence-corrected chi connectivity index (χ2v) is 5.99. The standard InChI is InChI=1S/C16H12F5NOS/c17-12-7-10(8-13(18)9-12)5-6-22-15(23)11-1-3-14(4-2-11)24-16(19,20)21/h1-4,7-9H,5-6H2,(H,22,23). The van der Waals surface area contributed by atoms with Gasteiger partial charge in [-0.05, 0) is 60.1 Å². The molecule has 2 nitrogen and oxygen atoms in total. The van der Waals surface area contributed by atoms with E-state index in [-0.39, 0.29) is 35.2 Å². The van der Waals surface area contributed by atoms with Gasteiger partial charge < -0.3 is 5.32 Å². The number of carbonyl (C=O) groups excluding carboxylic acids is 1. The van der Waals surface area contributed by atoms with Crippen molar-refractivity contribution in [3.63, 3.8) is 0 Å². The van der Waals surface area contributed by atoms with Crippen molar-refractivity contribution in [3.05, 3.63) is 65.2 Å². The summed E-state index contributed by atoms with van der Waals surface area (Å²) in [6.07, 6.45) is 0.225. The van der Waals surface area contributed by atoms with Crippen LogP contribution in [0.15, 0.2) is 47.4 Å². The van der Waals surface area contributed by atoms with Gasteiger partial charge in [0.2, 0.25) is 0 Å². The van der Waals surface area contributed by atoms with Gasteiger partial charge in [0.25, 0.3) is 5.91 Å². The van der Waals surface area contributed by atoms with Gasteiger partial charge in [0.05, 0.1) is 0 Å². The van der Waals surface area contributed by atoms with Crippen molar-refractivity contribution in [2.45, 2.75) is 16.8 Å². The fourth-order valence-electron chi connectivity index (χ4n) is 1.99. The summed E-state index contributed by atoms with van der Waals surface area (Å²) in [5, 5.41) is 2.54. The van der Waals surface area contributed by atoms with Gasteiger partial charge in [0.15, 0.2) is 0 Å². The molecule has 128 valence electrons. The number of halogens is 5. The van der Waals surface area contributed by atoms with Gasteiger partial charge in [0, 0.05) is 23.1 Å². The molecule has 0 aliphatic rings. The Labute approximate surface area is 139 Å². The largest absolute Gasteiger partial charge is 0.446 e. The monoisotopic (exact) mass is 361 g/mol. The number of hydrogen-bond donors (Lipinski definition) is 1. The molecule has 0 aliphatic heterocycles. The minimum absolute atomic E-state index is 0.0192. The summed E-state index contributed by atoms with van der Waals surface area (Å²) in [6, 6.07) is 8.06. The summed E-state index contributed by atoms with van der Waals surface area (Å²) in [5.41, 5.74) is -3.79. The predicted molar refractivity (Wildman–Crippen MR) is 80.7 cm³/mol. The van der Waals surface area contributed by atoms with Crippen LogP contribution in [0.2, 0.25) is 0 Å². The number of benzene rings is 2. The lowest BCUT2D eigenvalue weighted by atomic mass is 10.1. The Bertz CT molecular complexity index is 695. The van der Waals surface area contributed by atoms with E-state index in [2.05, 4.69) is 5.32 Å².